The molecule has 1 unspecified atom stereocenters. The molecule has 0 aromatic heterocycles. The monoisotopic (exact) mass is 535 g/mol. The Morgan fingerprint density at radius 1 is 0.846 bits per heavy atom. The number of fused-ring (bicyclic) bond motifs is 1. The van der Waals surface area contributed by atoms with Gasteiger partial charge in [0.15, 0.2) is 0 Å². The second-order valence-electron chi connectivity index (χ2n) is 10.2. The predicted molar refractivity (Wildman–Crippen MR) is 158 cm³/mol. The Bertz CT molecular complexity index is 1390. The summed E-state index contributed by atoms with van der Waals surface area (Å²) in [6.45, 7) is 5.37. The van der Waals surface area contributed by atoms with Crippen molar-refractivity contribution in [3.63, 3.8) is 0 Å². The minimum atomic E-state index is -0.0901. The number of hydrogen-bond donors (Lipinski definition) is 1. The van der Waals surface area contributed by atoms with E-state index in [4.69, 9.17) is 4.74 Å². The summed E-state index contributed by atoms with van der Waals surface area (Å²) in [5, 5.41) is 3.04. The quantitative estimate of drug-likeness (QED) is 0.271. The van der Waals surface area contributed by atoms with Gasteiger partial charge in [0.2, 0.25) is 0 Å². The van der Waals surface area contributed by atoms with Crippen molar-refractivity contribution in [1.82, 2.24) is 9.21 Å². The first-order valence-corrected chi connectivity index (χ1v) is 14.4. The van der Waals surface area contributed by atoms with Gasteiger partial charge in [-0.2, -0.15) is 0 Å². The molecule has 4 aromatic rings. The fraction of sp³-hybridized carbons (Fsp3) is 0.242. The lowest BCUT2D eigenvalue weighted by Crippen LogP contribution is -2.33. The topological polar surface area (TPSA) is 44.8 Å². The molecule has 6 heteroatoms. The number of carbonyl (C=O) groups is 1. The summed E-state index contributed by atoms with van der Waals surface area (Å²) in [5.41, 5.74) is 6.79. The third-order valence-corrected chi connectivity index (χ3v) is 8.45. The molecule has 2 aliphatic heterocycles. The van der Waals surface area contributed by atoms with Crippen molar-refractivity contribution in [3.8, 4) is 0 Å². The number of amides is 1. The molecule has 4 aromatic carbocycles. The molecule has 2 heterocycles. The van der Waals surface area contributed by atoms with Crippen LogP contribution in [-0.4, -0.2) is 41.4 Å². The summed E-state index contributed by atoms with van der Waals surface area (Å²) in [4.78, 5) is 16.5. The van der Waals surface area contributed by atoms with Crippen LogP contribution in [0.1, 0.15) is 38.7 Å². The first-order chi connectivity index (χ1) is 19.2. The molecule has 1 atom stereocenters. The van der Waals surface area contributed by atoms with E-state index in [9.17, 15) is 4.79 Å². The van der Waals surface area contributed by atoms with Crippen molar-refractivity contribution in [2.75, 3.05) is 31.6 Å². The molecule has 39 heavy (non-hydrogen) atoms. The van der Waals surface area contributed by atoms with Crippen LogP contribution in [0.4, 0.5) is 5.69 Å². The van der Waals surface area contributed by atoms with Crippen molar-refractivity contribution >= 4 is 23.5 Å². The fourth-order valence-corrected chi connectivity index (χ4v) is 6.17. The number of anilines is 1. The van der Waals surface area contributed by atoms with Crippen LogP contribution >= 0.6 is 11.9 Å². The molecule has 5 nitrogen and oxygen atoms in total. The van der Waals surface area contributed by atoms with Crippen LogP contribution in [0.5, 0.6) is 0 Å². The van der Waals surface area contributed by atoms with Crippen LogP contribution in [0.25, 0.3) is 0 Å². The van der Waals surface area contributed by atoms with Crippen LogP contribution in [-0.2, 0) is 24.2 Å². The summed E-state index contributed by atoms with van der Waals surface area (Å²) in [6.07, 6.45) is 1.18. The largest absolute Gasteiger partial charge is 0.371 e. The van der Waals surface area contributed by atoms with Gasteiger partial charge in [-0.3, -0.25) is 9.69 Å². The zero-order valence-corrected chi connectivity index (χ0v) is 22.8. The standard InChI is InChI=1S/C33H33N3O2S/c37-33(28-12-10-25(11-13-28)22-35-19-18-26-6-4-5-9-29(26)23-35)34-30-14-16-31(17-15-30)39-36-20-21-38-32(24-36)27-7-2-1-3-8-27/h1-17,32H,18-24H2,(H,34,37). The number of carbonyl (C=O) groups excluding carboxylic acids is 1. The molecule has 1 amide bonds. The zero-order chi connectivity index (χ0) is 26.4. The van der Waals surface area contributed by atoms with E-state index >= 15 is 0 Å². The summed E-state index contributed by atoms with van der Waals surface area (Å²) in [7, 11) is 0. The van der Waals surface area contributed by atoms with E-state index in [2.05, 4.69) is 87.3 Å². The molecule has 0 saturated carbocycles. The van der Waals surface area contributed by atoms with Gasteiger partial charge >= 0.3 is 0 Å². The third kappa shape index (κ3) is 6.60. The van der Waals surface area contributed by atoms with Crippen LogP contribution in [0, 0.1) is 0 Å². The van der Waals surface area contributed by atoms with Crippen molar-refractivity contribution in [1.29, 1.82) is 0 Å². The SMILES string of the molecule is O=C(Nc1ccc(SN2CCOC(c3ccccc3)C2)cc1)c1ccc(CN2CCc3ccccc3C2)cc1. The molecule has 0 aliphatic carbocycles. The van der Waals surface area contributed by atoms with Gasteiger partial charge in [-0.05, 0) is 77.0 Å². The lowest BCUT2D eigenvalue weighted by atomic mass is 9.99. The summed E-state index contributed by atoms with van der Waals surface area (Å²) in [5.74, 6) is -0.0901. The lowest BCUT2D eigenvalue weighted by Gasteiger charge is -2.32. The highest BCUT2D eigenvalue weighted by molar-refractivity contribution is 7.97. The molecule has 0 spiro atoms. The summed E-state index contributed by atoms with van der Waals surface area (Å²) in [6, 6.07) is 35.1. The minimum Gasteiger partial charge on any atom is -0.371 e. The number of nitrogens with zero attached hydrogens (tertiary/aromatic N) is 2. The molecule has 0 bridgehead atoms. The molecule has 1 N–H and O–H groups in total. The Hall–Kier alpha value is -3.42. The van der Waals surface area contributed by atoms with Crippen molar-refractivity contribution in [2.45, 2.75) is 30.5 Å². The maximum Gasteiger partial charge on any atom is 0.255 e. The predicted octanol–water partition coefficient (Wildman–Crippen LogP) is 6.58. The smallest absolute Gasteiger partial charge is 0.255 e. The molecule has 1 fully saturated rings. The van der Waals surface area contributed by atoms with E-state index in [0.717, 1.165) is 49.7 Å². The van der Waals surface area contributed by atoms with Gasteiger partial charge in [-0.25, -0.2) is 4.31 Å². The molecule has 6 rings (SSSR count). The number of rotatable bonds is 7. The van der Waals surface area contributed by atoms with Gasteiger partial charge in [0.25, 0.3) is 5.91 Å². The van der Waals surface area contributed by atoms with Crippen LogP contribution in [0.2, 0.25) is 0 Å². The van der Waals surface area contributed by atoms with E-state index in [1.165, 1.54) is 22.3 Å². The maximum absolute atomic E-state index is 12.9. The maximum atomic E-state index is 12.9. The van der Waals surface area contributed by atoms with E-state index in [-0.39, 0.29) is 12.0 Å². The number of morpholine rings is 1. The molecular formula is C33H33N3O2S. The third-order valence-electron chi connectivity index (χ3n) is 7.38. The molecular weight excluding hydrogens is 502 g/mol. The Kier molecular flexibility index (Phi) is 8.07. The number of benzene rings is 4. The molecule has 198 valence electrons. The number of hydrogen-bond acceptors (Lipinski definition) is 5. The second-order valence-corrected chi connectivity index (χ2v) is 11.3. The van der Waals surface area contributed by atoms with E-state index in [1.807, 2.05) is 30.3 Å². The summed E-state index contributed by atoms with van der Waals surface area (Å²) < 4.78 is 8.34. The second kappa shape index (κ2) is 12.2. The molecule has 2 aliphatic rings. The fourth-order valence-electron chi connectivity index (χ4n) is 5.24. The average Bonchev–Trinajstić information content (AvgIpc) is 2.99. The normalized spacial score (nSPS) is 17.9. The first-order valence-electron chi connectivity index (χ1n) is 13.6. The van der Waals surface area contributed by atoms with Crippen molar-refractivity contribution in [2.24, 2.45) is 0 Å². The molecule has 0 radical (unpaired) electrons. The van der Waals surface area contributed by atoms with Gasteiger partial charge in [0.1, 0.15) is 0 Å². The number of nitrogens with one attached hydrogen (secondary N) is 1. The number of ether oxygens (including phenoxy) is 1. The Morgan fingerprint density at radius 2 is 1.59 bits per heavy atom. The van der Waals surface area contributed by atoms with Crippen molar-refractivity contribution in [3.05, 3.63) is 131 Å². The van der Waals surface area contributed by atoms with Gasteiger partial charge in [0, 0.05) is 48.9 Å². The van der Waals surface area contributed by atoms with Crippen molar-refractivity contribution < 1.29 is 9.53 Å². The Balaban J connectivity index is 1.00. The van der Waals surface area contributed by atoms with Gasteiger partial charge in [0.05, 0.1) is 12.7 Å². The van der Waals surface area contributed by atoms with Gasteiger partial charge in [-0.1, -0.05) is 66.7 Å². The van der Waals surface area contributed by atoms with Crippen LogP contribution in [0.15, 0.2) is 108 Å². The highest BCUT2D eigenvalue weighted by Gasteiger charge is 2.22. The highest BCUT2D eigenvalue weighted by atomic mass is 32.2. The van der Waals surface area contributed by atoms with E-state index in [0.29, 0.717) is 12.2 Å². The Morgan fingerprint density at radius 3 is 2.38 bits per heavy atom. The van der Waals surface area contributed by atoms with Gasteiger partial charge in [-0.15, -0.1) is 0 Å². The van der Waals surface area contributed by atoms with Crippen LogP contribution in [0.3, 0.4) is 0 Å². The summed E-state index contributed by atoms with van der Waals surface area (Å²) >= 11 is 1.74. The Labute approximate surface area is 234 Å². The average molecular weight is 536 g/mol. The first kappa shape index (κ1) is 25.8. The minimum absolute atomic E-state index is 0.0901. The van der Waals surface area contributed by atoms with E-state index < -0.39 is 0 Å². The highest BCUT2D eigenvalue weighted by Crippen LogP contribution is 2.30. The zero-order valence-electron chi connectivity index (χ0n) is 22.0. The molecule has 1 saturated heterocycles. The van der Waals surface area contributed by atoms with E-state index in [1.54, 1.807) is 11.9 Å². The lowest BCUT2D eigenvalue weighted by molar-refractivity contribution is 0.000562. The van der Waals surface area contributed by atoms with Gasteiger partial charge < -0.3 is 10.1 Å². The van der Waals surface area contributed by atoms with Crippen LogP contribution < -0.4 is 5.32 Å².